The van der Waals surface area contributed by atoms with Crippen LogP contribution in [0.5, 0.6) is 0 Å². The first kappa shape index (κ1) is 13.6. The standard InChI is InChI=1S/C15H13N5O3/c21-12-7-3-5-10-13(12)14(19-15(18-10)16-8-17-19)9-4-1-2-6-11(9)20(22)23/h1-2,4,6,8,14H,3,5,7H2,(H,16,17,18). The molecule has 2 aromatic rings. The molecule has 0 saturated carbocycles. The highest BCUT2D eigenvalue weighted by atomic mass is 16.6. The summed E-state index contributed by atoms with van der Waals surface area (Å²) in [5.74, 6) is 0.504. The number of hydrogen-bond donors (Lipinski definition) is 1. The highest BCUT2D eigenvalue weighted by Crippen LogP contribution is 2.41. The summed E-state index contributed by atoms with van der Waals surface area (Å²) in [6.45, 7) is 0. The van der Waals surface area contributed by atoms with E-state index in [2.05, 4.69) is 15.4 Å². The molecule has 4 rings (SSSR count). The van der Waals surface area contributed by atoms with E-state index in [0.29, 0.717) is 23.5 Å². The van der Waals surface area contributed by atoms with E-state index < -0.39 is 11.0 Å². The third-order valence-electron chi connectivity index (χ3n) is 4.24. The van der Waals surface area contributed by atoms with Gasteiger partial charge in [-0.1, -0.05) is 12.1 Å². The lowest BCUT2D eigenvalue weighted by Gasteiger charge is -2.31. The molecule has 2 heterocycles. The fourth-order valence-corrected chi connectivity index (χ4v) is 3.27. The predicted octanol–water partition coefficient (Wildman–Crippen LogP) is 2.21. The second-order valence-corrected chi connectivity index (χ2v) is 5.54. The Bertz CT molecular complexity index is 854. The number of nitro benzene ring substituents is 1. The minimum Gasteiger partial charge on any atom is -0.328 e. The minimum absolute atomic E-state index is 0.00283. The SMILES string of the molecule is O=C1CCCC2=C1C(c1ccccc1[N+](=O)[O-])n1ncnc1N2. The lowest BCUT2D eigenvalue weighted by Crippen LogP contribution is -2.31. The molecule has 1 aliphatic carbocycles. The summed E-state index contributed by atoms with van der Waals surface area (Å²) in [6, 6.07) is 5.85. The molecular weight excluding hydrogens is 298 g/mol. The Hall–Kier alpha value is -3.03. The van der Waals surface area contributed by atoms with E-state index in [1.807, 2.05) is 0 Å². The first-order valence-electron chi connectivity index (χ1n) is 7.33. The van der Waals surface area contributed by atoms with Crippen molar-refractivity contribution in [1.29, 1.82) is 0 Å². The highest BCUT2D eigenvalue weighted by molar-refractivity contribution is 5.99. The van der Waals surface area contributed by atoms with Gasteiger partial charge in [0.2, 0.25) is 5.95 Å². The Labute approximate surface area is 131 Å². The maximum atomic E-state index is 12.5. The Morgan fingerprint density at radius 2 is 2.13 bits per heavy atom. The number of hydrogen-bond acceptors (Lipinski definition) is 6. The van der Waals surface area contributed by atoms with E-state index in [-0.39, 0.29) is 11.5 Å². The van der Waals surface area contributed by atoms with Crippen LogP contribution < -0.4 is 5.32 Å². The average molecular weight is 311 g/mol. The van der Waals surface area contributed by atoms with Crippen LogP contribution in [0.25, 0.3) is 0 Å². The number of nitro groups is 1. The van der Waals surface area contributed by atoms with Crippen LogP contribution in [0, 0.1) is 10.1 Å². The lowest BCUT2D eigenvalue weighted by molar-refractivity contribution is -0.385. The molecule has 8 heteroatoms. The van der Waals surface area contributed by atoms with Crippen LogP contribution in [0.4, 0.5) is 11.6 Å². The van der Waals surface area contributed by atoms with Crippen LogP contribution >= 0.6 is 0 Å². The van der Waals surface area contributed by atoms with Crippen molar-refractivity contribution in [1.82, 2.24) is 14.8 Å². The largest absolute Gasteiger partial charge is 0.328 e. The topological polar surface area (TPSA) is 103 Å². The fraction of sp³-hybridized carbons (Fsp3) is 0.267. The van der Waals surface area contributed by atoms with E-state index in [1.54, 1.807) is 22.9 Å². The summed E-state index contributed by atoms with van der Waals surface area (Å²) in [7, 11) is 0. The number of aromatic nitrogens is 3. The van der Waals surface area contributed by atoms with Gasteiger partial charge >= 0.3 is 0 Å². The molecule has 1 aliphatic heterocycles. The molecule has 8 nitrogen and oxygen atoms in total. The van der Waals surface area contributed by atoms with Gasteiger partial charge in [-0.05, 0) is 18.9 Å². The van der Waals surface area contributed by atoms with Crippen LogP contribution in [0.3, 0.4) is 0 Å². The second-order valence-electron chi connectivity index (χ2n) is 5.54. The van der Waals surface area contributed by atoms with Crippen molar-refractivity contribution in [3.8, 4) is 0 Å². The first-order valence-corrected chi connectivity index (χ1v) is 7.33. The number of para-hydroxylation sites is 1. The summed E-state index contributed by atoms with van der Waals surface area (Å²) < 4.78 is 1.55. The molecule has 0 fully saturated rings. The number of rotatable bonds is 2. The molecule has 0 radical (unpaired) electrons. The molecule has 1 N–H and O–H groups in total. The van der Waals surface area contributed by atoms with Gasteiger partial charge in [-0.3, -0.25) is 14.9 Å². The van der Waals surface area contributed by atoms with Crippen LogP contribution in [0.1, 0.15) is 30.9 Å². The van der Waals surface area contributed by atoms with Gasteiger partial charge < -0.3 is 5.32 Å². The van der Waals surface area contributed by atoms with Gasteiger partial charge in [-0.2, -0.15) is 10.1 Å². The average Bonchev–Trinajstić information content (AvgIpc) is 3.01. The van der Waals surface area contributed by atoms with Gasteiger partial charge in [0.1, 0.15) is 12.4 Å². The number of anilines is 1. The van der Waals surface area contributed by atoms with Gasteiger partial charge in [-0.25, -0.2) is 4.68 Å². The zero-order chi connectivity index (χ0) is 16.0. The van der Waals surface area contributed by atoms with Crippen LogP contribution in [-0.2, 0) is 4.79 Å². The maximum Gasteiger partial charge on any atom is 0.275 e. The summed E-state index contributed by atoms with van der Waals surface area (Å²) in [4.78, 5) is 27.6. The molecule has 1 atom stereocenters. The Kier molecular flexibility index (Phi) is 2.97. The summed E-state index contributed by atoms with van der Waals surface area (Å²) >= 11 is 0. The molecule has 1 aromatic heterocycles. The van der Waals surface area contributed by atoms with Crippen molar-refractivity contribution < 1.29 is 9.72 Å². The predicted molar refractivity (Wildman–Crippen MR) is 80.8 cm³/mol. The normalized spacial score (nSPS) is 19.8. The first-order chi connectivity index (χ1) is 11.2. The number of allylic oxidation sites excluding steroid dienone is 2. The highest BCUT2D eigenvalue weighted by Gasteiger charge is 2.38. The molecule has 0 saturated heterocycles. The van der Waals surface area contributed by atoms with Crippen LogP contribution in [0.2, 0.25) is 0 Å². The molecule has 1 unspecified atom stereocenters. The maximum absolute atomic E-state index is 12.5. The molecule has 0 bridgehead atoms. The van der Waals surface area contributed by atoms with Crippen molar-refractivity contribution in [2.75, 3.05) is 5.32 Å². The van der Waals surface area contributed by atoms with Gasteiger partial charge in [0.15, 0.2) is 5.78 Å². The number of benzene rings is 1. The van der Waals surface area contributed by atoms with Crippen molar-refractivity contribution >= 4 is 17.4 Å². The third-order valence-corrected chi connectivity index (χ3v) is 4.24. The molecule has 0 amide bonds. The third kappa shape index (κ3) is 2.02. The molecule has 0 spiro atoms. The second kappa shape index (κ2) is 5.01. The number of nitrogens with one attached hydrogen (secondary N) is 1. The summed E-state index contributed by atoms with van der Waals surface area (Å²) in [5.41, 5.74) is 1.79. The fourth-order valence-electron chi connectivity index (χ4n) is 3.27. The zero-order valence-electron chi connectivity index (χ0n) is 12.1. The van der Waals surface area contributed by atoms with E-state index in [9.17, 15) is 14.9 Å². The number of nitrogens with zero attached hydrogens (tertiary/aromatic N) is 4. The van der Waals surface area contributed by atoms with Gasteiger partial charge in [0.05, 0.1) is 10.5 Å². The van der Waals surface area contributed by atoms with Crippen molar-refractivity contribution in [2.45, 2.75) is 25.3 Å². The smallest absolute Gasteiger partial charge is 0.275 e. The van der Waals surface area contributed by atoms with Crippen LogP contribution in [0.15, 0.2) is 41.9 Å². The van der Waals surface area contributed by atoms with Gasteiger partial charge in [0.25, 0.3) is 5.69 Å². The number of ketones is 1. The molecular formula is C15H13N5O3. The van der Waals surface area contributed by atoms with E-state index in [1.165, 1.54) is 12.4 Å². The monoisotopic (exact) mass is 311 g/mol. The Morgan fingerprint density at radius 3 is 2.96 bits per heavy atom. The lowest BCUT2D eigenvalue weighted by atomic mass is 9.85. The van der Waals surface area contributed by atoms with E-state index in [0.717, 1.165) is 18.5 Å². The Morgan fingerprint density at radius 1 is 1.30 bits per heavy atom. The van der Waals surface area contributed by atoms with Crippen molar-refractivity contribution in [3.63, 3.8) is 0 Å². The van der Waals surface area contributed by atoms with E-state index >= 15 is 0 Å². The van der Waals surface area contributed by atoms with Crippen molar-refractivity contribution in [2.24, 2.45) is 0 Å². The van der Waals surface area contributed by atoms with Gasteiger partial charge in [0, 0.05) is 23.8 Å². The summed E-state index contributed by atoms with van der Waals surface area (Å²) in [5, 5.41) is 18.7. The zero-order valence-corrected chi connectivity index (χ0v) is 12.1. The molecule has 1 aromatic carbocycles. The number of fused-ring (bicyclic) bond motifs is 1. The molecule has 116 valence electrons. The van der Waals surface area contributed by atoms with Crippen LogP contribution in [-0.4, -0.2) is 25.5 Å². The molecule has 23 heavy (non-hydrogen) atoms. The summed E-state index contributed by atoms with van der Waals surface area (Å²) in [6.07, 6.45) is 3.32. The quantitative estimate of drug-likeness (QED) is 0.673. The molecule has 2 aliphatic rings. The number of Topliss-reactive ketones (excluding diaryl/α,β-unsaturated/α-hetero) is 1. The number of carbonyl (C=O) groups is 1. The van der Waals surface area contributed by atoms with Crippen molar-refractivity contribution in [3.05, 3.63) is 57.5 Å². The minimum atomic E-state index is -0.613. The van der Waals surface area contributed by atoms with E-state index in [4.69, 9.17) is 0 Å². The van der Waals surface area contributed by atoms with Gasteiger partial charge in [-0.15, -0.1) is 0 Å². The number of carbonyl (C=O) groups excluding carboxylic acids is 1. The Balaban J connectivity index is 1.97.